The van der Waals surface area contributed by atoms with Crippen molar-refractivity contribution in [2.45, 2.75) is 66.2 Å². The Bertz CT molecular complexity index is 935. The number of benzene rings is 1. The molecular weight excluding hydrogens is 390 g/mol. The third kappa shape index (κ3) is 8.03. The van der Waals surface area contributed by atoms with Crippen LogP contribution in [0.4, 0.5) is 0 Å². The van der Waals surface area contributed by atoms with E-state index in [2.05, 4.69) is 81.7 Å². The molecule has 3 nitrogen and oxygen atoms in total. The quantitative estimate of drug-likeness (QED) is 0.361. The van der Waals surface area contributed by atoms with Crippen LogP contribution >= 0.6 is 0 Å². The third-order valence-corrected chi connectivity index (χ3v) is 6.45. The van der Waals surface area contributed by atoms with Gasteiger partial charge in [-0.3, -0.25) is 4.98 Å². The summed E-state index contributed by atoms with van der Waals surface area (Å²) in [5.74, 6) is 1.73. The fourth-order valence-corrected chi connectivity index (χ4v) is 4.13. The van der Waals surface area contributed by atoms with E-state index in [-0.39, 0.29) is 0 Å². The van der Waals surface area contributed by atoms with Gasteiger partial charge in [0.2, 0.25) is 0 Å². The first kappa shape index (κ1) is 25.5. The van der Waals surface area contributed by atoms with Crippen LogP contribution in [0, 0.1) is 25.7 Å². The number of allylic oxidation sites excluding steroid dienone is 4. The van der Waals surface area contributed by atoms with E-state index in [0.717, 1.165) is 42.0 Å². The number of nitrogens with two attached hydrogens (primary N) is 2. The highest BCUT2D eigenvalue weighted by Gasteiger charge is 2.14. The molecule has 0 saturated carbocycles. The molecule has 4 N–H and O–H groups in total. The zero-order chi connectivity index (χ0) is 23.5. The molecule has 2 rings (SSSR count). The summed E-state index contributed by atoms with van der Waals surface area (Å²) in [6, 6.07) is 12.7. The van der Waals surface area contributed by atoms with Crippen LogP contribution in [0.1, 0.15) is 68.3 Å². The summed E-state index contributed by atoms with van der Waals surface area (Å²) >= 11 is 0. The standard InChI is InChI=1S/C29H41N3/c1-6-21(3)12-13-24(19-25-16-17-32-23(5)18-25)14-15-27(29(30)31)20-26(7-2)28-11-9-8-10-22(28)4/h7-11,16-18,20-21,24H,2,6,12-15,19,30-31H2,1,3-5H3/b26-20+. The van der Waals surface area contributed by atoms with Gasteiger partial charge in [0.15, 0.2) is 0 Å². The van der Waals surface area contributed by atoms with Crippen molar-refractivity contribution >= 4 is 5.57 Å². The summed E-state index contributed by atoms with van der Waals surface area (Å²) in [6.45, 7) is 12.8. The smallest absolute Gasteiger partial charge is 0.0966 e. The monoisotopic (exact) mass is 431 g/mol. The molecule has 0 amide bonds. The van der Waals surface area contributed by atoms with Gasteiger partial charge in [-0.05, 0) is 97.4 Å². The molecule has 1 aromatic heterocycles. The van der Waals surface area contributed by atoms with E-state index in [1.54, 1.807) is 0 Å². The highest BCUT2D eigenvalue weighted by Crippen LogP contribution is 2.28. The van der Waals surface area contributed by atoms with Crippen molar-refractivity contribution in [2.75, 3.05) is 0 Å². The van der Waals surface area contributed by atoms with Gasteiger partial charge in [0.05, 0.1) is 5.82 Å². The number of aromatic nitrogens is 1. The molecule has 172 valence electrons. The van der Waals surface area contributed by atoms with Crippen LogP contribution < -0.4 is 11.5 Å². The van der Waals surface area contributed by atoms with Gasteiger partial charge in [0.1, 0.15) is 0 Å². The van der Waals surface area contributed by atoms with E-state index in [1.807, 2.05) is 12.3 Å². The second-order valence-electron chi connectivity index (χ2n) is 9.10. The number of hydrogen-bond acceptors (Lipinski definition) is 3. The van der Waals surface area contributed by atoms with Gasteiger partial charge >= 0.3 is 0 Å². The van der Waals surface area contributed by atoms with E-state index in [4.69, 9.17) is 11.5 Å². The fourth-order valence-electron chi connectivity index (χ4n) is 4.13. The summed E-state index contributed by atoms with van der Waals surface area (Å²) < 4.78 is 0. The lowest BCUT2D eigenvalue weighted by Gasteiger charge is -2.20. The average Bonchev–Trinajstić information content (AvgIpc) is 2.77. The molecule has 0 aliphatic rings. The van der Waals surface area contributed by atoms with Gasteiger partial charge in [-0.25, -0.2) is 0 Å². The number of rotatable bonds is 12. The van der Waals surface area contributed by atoms with Crippen LogP contribution in [0.3, 0.4) is 0 Å². The Labute approximate surface area is 195 Å². The predicted octanol–water partition coefficient (Wildman–Crippen LogP) is 6.86. The van der Waals surface area contributed by atoms with Crippen LogP contribution in [-0.4, -0.2) is 4.98 Å². The highest BCUT2D eigenvalue weighted by molar-refractivity contribution is 5.77. The van der Waals surface area contributed by atoms with Crippen LogP contribution in [-0.2, 0) is 6.42 Å². The lowest BCUT2D eigenvalue weighted by molar-refractivity contribution is 0.382. The van der Waals surface area contributed by atoms with E-state index >= 15 is 0 Å². The lowest BCUT2D eigenvalue weighted by Crippen LogP contribution is -2.14. The normalized spacial score (nSPS) is 13.4. The van der Waals surface area contributed by atoms with Gasteiger partial charge < -0.3 is 11.5 Å². The van der Waals surface area contributed by atoms with Gasteiger partial charge in [0, 0.05) is 11.9 Å². The molecule has 0 aliphatic heterocycles. The Morgan fingerprint density at radius 1 is 1.09 bits per heavy atom. The maximum Gasteiger partial charge on any atom is 0.0966 e. The third-order valence-electron chi connectivity index (χ3n) is 6.45. The summed E-state index contributed by atoms with van der Waals surface area (Å²) in [5.41, 5.74) is 19.1. The summed E-state index contributed by atoms with van der Waals surface area (Å²) in [7, 11) is 0. The van der Waals surface area contributed by atoms with E-state index in [9.17, 15) is 0 Å². The van der Waals surface area contributed by atoms with Crippen molar-refractivity contribution in [3.05, 3.63) is 95.1 Å². The molecule has 2 unspecified atom stereocenters. The Hall–Kier alpha value is -2.81. The Balaban J connectivity index is 2.20. The number of aryl methyl sites for hydroxylation is 2. The molecule has 2 atom stereocenters. The molecular formula is C29H41N3. The van der Waals surface area contributed by atoms with Crippen molar-refractivity contribution in [1.29, 1.82) is 0 Å². The Morgan fingerprint density at radius 2 is 1.84 bits per heavy atom. The Kier molecular flexibility index (Phi) is 10.3. The minimum atomic E-state index is 0.401. The lowest BCUT2D eigenvalue weighted by atomic mass is 9.86. The average molecular weight is 432 g/mol. The van der Waals surface area contributed by atoms with E-state index < -0.39 is 0 Å². The summed E-state index contributed by atoms with van der Waals surface area (Å²) in [4.78, 5) is 4.35. The molecule has 0 bridgehead atoms. The number of pyridine rings is 1. The minimum absolute atomic E-state index is 0.401. The molecule has 3 heteroatoms. The van der Waals surface area contributed by atoms with Gasteiger partial charge in [0.25, 0.3) is 0 Å². The maximum atomic E-state index is 6.13. The van der Waals surface area contributed by atoms with E-state index in [1.165, 1.54) is 36.0 Å². The van der Waals surface area contributed by atoms with Gasteiger partial charge in [-0.15, -0.1) is 0 Å². The predicted molar refractivity (Wildman–Crippen MR) is 139 cm³/mol. The number of hydrogen-bond donors (Lipinski definition) is 2. The zero-order valence-corrected chi connectivity index (χ0v) is 20.4. The molecule has 1 heterocycles. The topological polar surface area (TPSA) is 64.9 Å². The van der Waals surface area contributed by atoms with Crippen molar-refractivity contribution in [1.82, 2.24) is 4.98 Å². The molecule has 0 aliphatic carbocycles. The molecule has 0 spiro atoms. The zero-order valence-electron chi connectivity index (χ0n) is 20.4. The highest BCUT2D eigenvalue weighted by atomic mass is 14.8. The fraction of sp³-hybridized carbons (Fsp3) is 0.414. The van der Waals surface area contributed by atoms with Crippen LogP contribution in [0.2, 0.25) is 0 Å². The van der Waals surface area contributed by atoms with Crippen LogP contribution in [0.15, 0.2) is 72.7 Å². The summed E-state index contributed by atoms with van der Waals surface area (Å²) in [5, 5.41) is 0. The molecule has 0 fully saturated rings. The van der Waals surface area contributed by atoms with Crippen molar-refractivity contribution in [2.24, 2.45) is 23.3 Å². The molecule has 32 heavy (non-hydrogen) atoms. The summed E-state index contributed by atoms with van der Waals surface area (Å²) in [6.07, 6.45) is 12.6. The van der Waals surface area contributed by atoms with Crippen molar-refractivity contribution in [3.8, 4) is 0 Å². The molecule has 2 aromatic rings. The second-order valence-corrected chi connectivity index (χ2v) is 9.10. The van der Waals surface area contributed by atoms with E-state index in [0.29, 0.717) is 11.7 Å². The molecule has 1 aromatic carbocycles. The van der Waals surface area contributed by atoms with Gasteiger partial charge in [-0.2, -0.15) is 0 Å². The largest absolute Gasteiger partial charge is 0.385 e. The van der Waals surface area contributed by atoms with Crippen molar-refractivity contribution in [3.63, 3.8) is 0 Å². The van der Waals surface area contributed by atoms with Crippen LogP contribution in [0.25, 0.3) is 5.57 Å². The minimum Gasteiger partial charge on any atom is -0.385 e. The van der Waals surface area contributed by atoms with Crippen molar-refractivity contribution < 1.29 is 0 Å². The first-order valence-corrected chi connectivity index (χ1v) is 11.9. The SMILES string of the molecule is C=C/C(=C\C(CCC(CCC(C)CC)Cc1ccnc(C)c1)=C(N)N)c1ccccc1C. The maximum absolute atomic E-state index is 6.13. The Morgan fingerprint density at radius 3 is 2.47 bits per heavy atom. The second kappa shape index (κ2) is 12.9. The van der Waals surface area contributed by atoms with Gasteiger partial charge in [-0.1, -0.05) is 63.6 Å². The molecule has 0 radical (unpaired) electrons. The first-order valence-electron chi connectivity index (χ1n) is 11.9. The van der Waals surface area contributed by atoms with Crippen LogP contribution in [0.5, 0.6) is 0 Å². The molecule has 0 saturated heterocycles. The number of nitrogens with zero attached hydrogens (tertiary/aromatic N) is 1. The first-order chi connectivity index (χ1) is 15.3.